The van der Waals surface area contributed by atoms with Gasteiger partial charge in [-0.25, -0.2) is 0 Å². The van der Waals surface area contributed by atoms with Gasteiger partial charge in [0, 0.05) is 12.1 Å². The first-order valence-electron chi connectivity index (χ1n) is 7.60. The Morgan fingerprint density at radius 3 is 2.29 bits per heavy atom. The predicted octanol–water partition coefficient (Wildman–Crippen LogP) is 2.96. The first-order valence-corrected chi connectivity index (χ1v) is 7.60. The molecule has 21 heavy (non-hydrogen) atoms. The second-order valence-corrected chi connectivity index (χ2v) is 8.20. The second kappa shape index (κ2) is 5.29. The number of nitrogens with one attached hydrogen (secondary N) is 1. The average molecular weight is 295 g/mol. The molecule has 0 bridgehead atoms. The van der Waals surface area contributed by atoms with Crippen LogP contribution in [0.15, 0.2) is 10.7 Å². The summed E-state index contributed by atoms with van der Waals surface area (Å²) in [5.74, 6) is 0. The minimum atomic E-state index is -0.208. The highest BCUT2D eigenvalue weighted by Crippen LogP contribution is 2.31. The molecule has 1 saturated heterocycles. The standard InChI is InChI=1S/C16H29N3O2/c1-14(2,3)17-8-12-9-20-13(18-12)19-10-15(4,5)21-16(6,7)11-19/h9,17H,8,10-11H2,1-7H3. The van der Waals surface area contributed by atoms with Crippen molar-refractivity contribution >= 4 is 6.01 Å². The van der Waals surface area contributed by atoms with Gasteiger partial charge >= 0.3 is 0 Å². The molecule has 1 aliphatic heterocycles. The summed E-state index contributed by atoms with van der Waals surface area (Å²) < 4.78 is 11.8. The van der Waals surface area contributed by atoms with Crippen LogP contribution in [0.3, 0.4) is 0 Å². The third-order valence-electron chi connectivity index (χ3n) is 3.31. The maximum absolute atomic E-state index is 6.09. The fourth-order valence-electron chi connectivity index (χ4n) is 2.80. The molecule has 0 atom stereocenters. The van der Waals surface area contributed by atoms with Crippen LogP contribution < -0.4 is 10.2 Å². The number of oxazole rings is 1. The van der Waals surface area contributed by atoms with Crippen LogP contribution in [-0.2, 0) is 11.3 Å². The molecule has 2 heterocycles. The van der Waals surface area contributed by atoms with E-state index in [1.54, 1.807) is 6.26 Å². The molecule has 2 rings (SSSR count). The molecule has 5 heteroatoms. The molecular weight excluding hydrogens is 266 g/mol. The summed E-state index contributed by atoms with van der Waals surface area (Å²) in [6, 6.07) is 0.685. The summed E-state index contributed by atoms with van der Waals surface area (Å²) in [6.07, 6.45) is 1.74. The lowest BCUT2D eigenvalue weighted by atomic mass is 9.99. The van der Waals surface area contributed by atoms with Crippen LogP contribution in [-0.4, -0.2) is 34.8 Å². The molecule has 0 radical (unpaired) electrons. The van der Waals surface area contributed by atoms with E-state index >= 15 is 0 Å². The molecule has 0 aliphatic carbocycles. The van der Waals surface area contributed by atoms with Crippen LogP contribution in [0.5, 0.6) is 0 Å². The van der Waals surface area contributed by atoms with Gasteiger partial charge in [-0.3, -0.25) is 0 Å². The highest BCUT2D eigenvalue weighted by molar-refractivity contribution is 5.30. The first-order chi connectivity index (χ1) is 9.46. The lowest BCUT2D eigenvalue weighted by molar-refractivity contribution is -0.134. The van der Waals surface area contributed by atoms with E-state index in [0.29, 0.717) is 12.6 Å². The topological polar surface area (TPSA) is 50.5 Å². The van der Waals surface area contributed by atoms with E-state index in [1.807, 2.05) is 0 Å². The number of hydrogen-bond acceptors (Lipinski definition) is 5. The molecule has 0 saturated carbocycles. The number of ether oxygens (including phenoxy) is 1. The van der Waals surface area contributed by atoms with E-state index in [4.69, 9.17) is 9.15 Å². The van der Waals surface area contributed by atoms with Crippen LogP contribution in [0.2, 0.25) is 0 Å². The van der Waals surface area contributed by atoms with Gasteiger partial charge in [0.1, 0.15) is 6.26 Å². The normalized spacial score (nSPS) is 21.6. The molecule has 1 aliphatic rings. The highest BCUT2D eigenvalue weighted by atomic mass is 16.5. The molecular formula is C16H29N3O2. The van der Waals surface area contributed by atoms with Crippen molar-refractivity contribution in [3.05, 3.63) is 12.0 Å². The van der Waals surface area contributed by atoms with Gasteiger partial charge in [-0.05, 0) is 48.5 Å². The van der Waals surface area contributed by atoms with Crippen LogP contribution in [0.25, 0.3) is 0 Å². The van der Waals surface area contributed by atoms with E-state index in [-0.39, 0.29) is 16.7 Å². The minimum Gasteiger partial charge on any atom is -0.432 e. The Hall–Kier alpha value is -1.07. The molecule has 1 N–H and O–H groups in total. The van der Waals surface area contributed by atoms with Crippen molar-refractivity contribution in [2.24, 2.45) is 0 Å². The number of hydrogen-bond donors (Lipinski definition) is 1. The fraction of sp³-hybridized carbons (Fsp3) is 0.812. The van der Waals surface area contributed by atoms with Gasteiger partial charge in [-0.2, -0.15) is 4.98 Å². The summed E-state index contributed by atoms with van der Waals surface area (Å²) in [4.78, 5) is 6.78. The lowest BCUT2D eigenvalue weighted by Gasteiger charge is -2.46. The second-order valence-electron chi connectivity index (χ2n) is 8.20. The van der Waals surface area contributed by atoms with Crippen LogP contribution in [0.4, 0.5) is 6.01 Å². The van der Waals surface area contributed by atoms with E-state index < -0.39 is 0 Å². The Balaban J connectivity index is 2.07. The van der Waals surface area contributed by atoms with Crippen LogP contribution in [0.1, 0.15) is 54.2 Å². The zero-order valence-corrected chi connectivity index (χ0v) is 14.4. The molecule has 5 nitrogen and oxygen atoms in total. The molecule has 120 valence electrons. The number of nitrogens with zero attached hydrogens (tertiary/aromatic N) is 2. The Labute approximate surface area is 128 Å². The summed E-state index contributed by atoms with van der Waals surface area (Å²) in [7, 11) is 0. The van der Waals surface area contributed by atoms with E-state index in [9.17, 15) is 0 Å². The van der Waals surface area contributed by atoms with Gasteiger partial charge < -0.3 is 19.4 Å². The molecule has 1 aromatic heterocycles. The van der Waals surface area contributed by atoms with Crippen molar-refractivity contribution in [3.8, 4) is 0 Å². The van der Waals surface area contributed by atoms with Crippen molar-refractivity contribution in [3.63, 3.8) is 0 Å². The zero-order chi connectivity index (χ0) is 15.9. The quantitative estimate of drug-likeness (QED) is 0.929. The van der Waals surface area contributed by atoms with Crippen molar-refractivity contribution in [1.29, 1.82) is 0 Å². The molecule has 0 amide bonds. The smallest absolute Gasteiger partial charge is 0.297 e. The molecule has 0 spiro atoms. The van der Waals surface area contributed by atoms with Gasteiger partial charge in [0.2, 0.25) is 0 Å². The summed E-state index contributed by atoms with van der Waals surface area (Å²) in [6.45, 7) is 17.1. The van der Waals surface area contributed by atoms with Gasteiger partial charge in [0.05, 0.1) is 30.0 Å². The average Bonchev–Trinajstić information content (AvgIpc) is 2.69. The van der Waals surface area contributed by atoms with Crippen molar-refractivity contribution in [1.82, 2.24) is 10.3 Å². The third kappa shape index (κ3) is 4.71. The monoisotopic (exact) mass is 295 g/mol. The summed E-state index contributed by atoms with van der Waals surface area (Å²) in [5, 5.41) is 3.42. The Morgan fingerprint density at radius 2 is 1.76 bits per heavy atom. The number of aromatic nitrogens is 1. The van der Waals surface area contributed by atoms with E-state index in [1.165, 1.54) is 0 Å². The van der Waals surface area contributed by atoms with Gasteiger partial charge in [-0.15, -0.1) is 0 Å². The number of rotatable bonds is 3. The summed E-state index contributed by atoms with van der Waals surface area (Å²) >= 11 is 0. The first kappa shape index (κ1) is 16.3. The maximum Gasteiger partial charge on any atom is 0.297 e. The molecule has 0 aromatic carbocycles. The number of anilines is 1. The van der Waals surface area contributed by atoms with Crippen LogP contribution >= 0.6 is 0 Å². The largest absolute Gasteiger partial charge is 0.432 e. The Bertz CT molecular complexity index is 470. The van der Waals surface area contributed by atoms with Gasteiger partial charge in [-0.1, -0.05) is 0 Å². The molecule has 0 unspecified atom stereocenters. The fourth-order valence-corrected chi connectivity index (χ4v) is 2.80. The zero-order valence-electron chi connectivity index (χ0n) is 14.4. The SMILES string of the molecule is CC(C)(C)NCc1coc(N2CC(C)(C)OC(C)(C)C2)n1. The van der Waals surface area contributed by atoms with Crippen molar-refractivity contribution in [2.75, 3.05) is 18.0 Å². The Kier molecular flexibility index (Phi) is 4.10. The van der Waals surface area contributed by atoms with Gasteiger partial charge in [0.15, 0.2) is 0 Å². The van der Waals surface area contributed by atoms with E-state index in [2.05, 4.69) is 63.7 Å². The van der Waals surface area contributed by atoms with Gasteiger partial charge in [0.25, 0.3) is 6.01 Å². The predicted molar refractivity (Wildman–Crippen MR) is 84.6 cm³/mol. The van der Waals surface area contributed by atoms with Crippen LogP contribution in [0, 0.1) is 0 Å². The molecule has 1 fully saturated rings. The van der Waals surface area contributed by atoms with Crippen molar-refractivity contribution in [2.45, 2.75) is 71.8 Å². The summed E-state index contributed by atoms with van der Waals surface area (Å²) in [5.41, 5.74) is 0.587. The highest BCUT2D eigenvalue weighted by Gasteiger charge is 2.39. The molecule has 1 aromatic rings. The lowest BCUT2D eigenvalue weighted by Crippen LogP contribution is -2.57. The van der Waals surface area contributed by atoms with Crippen molar-refractivity contribution < 1.29 is 9.15 Å². The minimum absolute atomic E-state index is 0.0715. The maximum atomic E-state index is 6.09. The third-order valence-corrected chi connectivity index (χ3v) is 3.31. The Morgan fingerprint density at radius 1 is 1.19 bits per heavy atom. The van der Waals surface area contributed by atoms with E-state index in [0.717, 1.165) is 18.8 Å². The number of morpholine rings is 1.